The van der Waals surface area contributed by atoms with Gasteiger partial charge in [0.1, 0.15) is 13.1 Å². The Morgan fingerprint density at radius 3 is 1.36 bits per heavy atom. The van der Waals surface area contributed by atoms with Gasteiger partial charge >= 0.3 is 18.4 Å². The average molecular weight is 224 g/mol. The Kier molecular flexibility index (Phi) is 3.60. The zero-order chi connectivity index (χ0) is 11.6. The lowest BCUT2D eigenvalue weighted by molar-refractivity contribution is -0.174. The Morgan fingerprint density at radius 2 is 1.21 bits per heavy atom. The van der Waals surface area contributed by atoms with Gasteiger partial charge in [-0.15, -0.1) is 0 Å². The van der Waals surface area contributed by atoms with Crippen LogP contribution in [0.4, 0.5) is 31.1 Å². The molecule has 14 heavy (non-hydrogen) atoms. The van der Waals surface area contributed by atoms with Gasteiger partial charge in [0.25, 0.3) is 0 Å². The Hall–Kier alpha value is -1.15. The number of hydrogen-bond donors (Lipinski definition) is 0. The standard InChI is InChI=1S/C5H4F6NO2/c6-4(7,8)1-12(3(13)14)2-5(9,10)11/h1-2H2. The highest BCUT2D eigenvalue weighted by Gasteiger charge is 2.40. The van der Waals surface area contributed by atoms with Crippen molar-refractivity contribution in [1.82, 2.24) is 4.90 Å². The summed E-state index contributed by atoms with van der Waals surface area (Å²) in [6.07, 6.45) is -12.6. The third kappa shape index (κ3) is 6.38. The Labute approximate surface area is 73.9 Å². The maximum absolute atomic E-state index is 11.5. The first-order valence-electron chi connectivity index (χ1n) is 3.11. The predicted molar refractivity (Wildman–Crippen MR) is 29.8 cm³/mol. The number of nitrogens with zero attached hydrogens (tertiary/aromatic N) is 1. The molecule has 0 aromatic carbocycles. The lowest BCUT2D eigenvalue weighted by Crippen LogP contribution is -2.43. The molecule has 0 spiro atoms. The molecule has 3 nitrogen and oxygen atoms in total. The van der Waals surface area contributed by atoms with Crippen molar-refractivity contribution in [2.24, 2.45) is 0 Å². The molecule has 0 fully saturated rings. The van der Waals surface area contributed by atoms with Crippen molar-refractivity contribution in [2.75, 3.05) is 13.1 Å². The second-order valence-corrected chi connectivity index (χ2v) is 2.35. The highest BCUT2D eigenvalue weighted by atomic mass is 19.4. The lowest BCUT2D eigenvalue weighted by atomic mass is 10.5. The molecule has 0 aliphatic rings. The van der Waals surface area contributed by atoms with Crippen molar-refractivity contribution in [3.8, 4) is 0 Å². The topological polar surface area (TPSA) is 40.2 Å². The molecule has 0 aromatic heterocycles. The lowest BCUT2D eigenvalue weighted by Gasteiger charge is -2.20. The number of hydrogen-bond acceptors (Lipinski definition) is 1. The number of rotatable bonds is 2. The molecule has 1 amide bonds. The number of amides is 1. The molecular formula is C5H4F6NO2. The number of halogens is 6. The molecule has 83 valence electrons. The smallest absolute Gasteiger partial charge is 0.287 e. The van der Waals surface area contributed by atoms with Crippen molar-refractivity contribution in [3.05, 3.63) is 0 Å². The van der Waals surface area contributed by atoms with Crippen LogP contribution in [0.25, 0.3) is 0 Å². The van der Waals surface area contributed by atoms with Gasteiger partial charge < -0.3 is 0 Å². The van der Waals surface area contributed by atoms with Crippen LogP contribution >= 0.6 is 0 Å². The summed E-state index contributed by atoms with van der Waals surface area (Å²) in [6.45, 7) is -4.40. The molecule has 0 unspecified atom stereocenters. The van der Waals surface area contributed by atoms with E-state index in [2.05, 4.69) is 0 Å². The maximum atomic E-state index is 11.5. The molecule has 0 N–H and O–H groups in total. The van der Waals surface area contributed by atoms with E-state index in [9.17, 15) is 36.2 Å². The van der Waals surface area contributed by atoms with E-state index in [-0.39, 0.29) is 0 Å². The summed E-state index contributed by atoms with van der Waals surface area (Å²) < 4.78 is 69.2. The van der Waals surface area contributed by atoms with E-state index in [0.29, 0.717) is 0 Å². The van der Waals surface area contributed by atoms with E-state index in [1.54, 1.807) is 0 Å². The van der Waals surface area contributed by atoms with Crippen LogP contribution in [-0.4, -0.2) is 36.4 Å². The summed E-state index contributed by atoms with van der Waals surface area (Å²) in [6, 6.07) is 0. The summed E-state index contributed by atoms with van der Waals surface area (Å²) in [4.78, 5) is 9.01. The van der Waals surface area contributed by atoms with Gasteiger partial charge in [0.2, 0.25) is 0 Å². The first kappa shape index (κ1) is 12.8. The molecule has 0 saturated heterocycles. The van der Waals surface area contributed by atoms with Crippen LogP contribution in [0.5, 0.6) is 0 Å². The SMILES string of the molecule is [O]C(=O)N(CC(F)(F)F)CC(F)(F)F. The summed E-state index contributed by atoms with van der Waals surface area (Å²) >= 11 is 0. The van der Waals surface area contributed by atoms with E-state index >= 15 is 0 Å². The van der Waals surface area contributed by atoms with Crippen LogP contribution in [0.3, 0.4) is 0 Å². The highest BCUT2D eigenvalue weighted by molar-refractivity contribution is 5.64. The molecule has 0 heterocycles. The Balaban J connectivity index is 4.40. The second-order valence-electron chi connectivity index (χ2n) is 2.35. The summed E-state index contributed by atoms with van der Waals surface area (Å²) in [5.41, 5.74) is 0. The number of alkyl halides is 6. The minimum Gasteiger partial charge on any atom is -0.287 e. The van der Waals surface area contributed by atoms with Crippen LogP contribution in [0, 0.1) is 0 Å². The zero-order valence-electron chi connectivity index (χ0n) is 6.45. The molecule has 0 atom stereocenters. The maximum Gasteiger partial charge on any atom is 0.453 e. The van der Waals surface area contributed by atoms with Crippen LogP contribution in [-0.2, 0) is 5.11 Å². The van der Waals surface area contributed by atoms with Gasteiger partial charge in [-0.2, -0.15) is 26.3 Å². The van der Waals surface area contributed by atoms with Gasteiger partial charge in [0, 0.05) is 0 Å². The minimum atomic E-state index is -5.02. The molecule has 1 radical (unpaired) electrons. The van der Waals surface area contributed by atoms with Crippen molar-refractivity contribution < 1.29 is 36.2 Å². The fourth-order valence-electron chi connectivity index (χ4n) is 0.618. The quantitative estimate of drug-likeness (QED) is 0.661. The number of carbonyl (C=O) groups excluding carboxylic acids is 1. The molecule has 0 bridgehead atoms. The molecule has 0 aliphatic carbocycles. The van der Waals surface area contributed by atoms with E-state index in [0.717, 1.165) is 0 Å². The van der Waals surface area contributed by atoms with Gasteiger partial charge in [-0.1, -0.05) is 0 Å². The van der Waals surface area contributed by atoms with Crippen LogP contribution in [0.1, 0.15) is 0 Å². The van der Waals surface area contributed by atoms with Gasteiger partial charge in [-0.3, -0.25) is 4.90 Å². The monoisotopic (exact) mass is 224 g/mol. The molecule has 0 aromatic rings. The van der Waals surface area contributed by atoms with E-state index in [4.69, 9.17) is 0 Å². The predicted octanol–water partition coefficient (Wildman–Crippen LogP) is 1.96. The molecule has 0 rings (SSSR count). The largest absolute Gasteiger partial charge is 0.453 e. The van der Waals surface area contributed by atoms with Crippen LogP contribution < -0.4 is 0 Å². The molecule has 0 saturated carbocycles. The third-order valence-corrected chi connectivity index (χ3v) is 0.998. The summed E-state index contributed by atoms with van der Waals surface area (Å²) in [7, 11) is 0. The minimum absolute atomic E-state index is 0.861. The summed E-state index contributed by atoms with van der Waals surface area (Å²) in [5.74, 6) is 0. The van der Waals surface area contributed by atoms with Gasteiger partial charge in [0.05, 0.1) is 0 Å². The average Bonchev–Trinajstić information content (AvgIpc) is 1.78. The molecule has 0 aliphatic heterocycles. The van der Waals surface area contributed by atoms with E-state index < -0.39 is 36.4 Å². The van der Waals surface area contributed by atoms with Crippen LogP contribution in [0.2, 0.25) is 0 Å². The highest BCUT2D eigenvalue weighted by Crippen LogP contribution is 2.21. The van der Waals surface area contributed by atoms with E-state index in [1.165, 1.54) is 0 Å². The van der Waals surface area contributed by atoms with Crippen molar-refractivity contribution in [2.45, 2.75) is 12.4 Å². The molecule has 9 heteroatoms. The van der Waals surface area contributed by atoms with Crippen molar-refractivity contribution >= 4 is 6.09 Å². The van der Waals surface area contributed by atoms with Crippen LogP contribution in [0.15, 0.2) is 0 Å². The van der Waals surface area contributed by atoms with Gasteiger partial charge in [-0.25, -0.2) is 9.90 Å². The van der Waals surface area contributed by atoms with Gasteiger partial charge in [-0.05, 0) is 0 Å². The van der Waals surface area contributed by atoms with Gasteiger partial charge in [0.15, 0.2) is 0 Å². The first-order chi connectivity index (χ1) is 6.01. The van der Waals surface area contributed by atoms with Crippen molar-refractivity contribution in [1.29, 1.82) is 0 Å². The van der Waals surface area contributed by atoms with Crippen molar-refractivity contribution in [3.63, 3.8) is 0 Å². The normalized spacial score (nSPS) is 12.7. The molecular weight excluding hydrogens is 220 g/mol. The Morgan fingerprint density at radius 1 is 0.929 bits per heavy atom. The number of carbonyl (C=O) groups is 1. The fourth-order valence-corrected chi connectivity index (χ4v) is 0.618. The second kappa shape index (κ2) is 3.93. The van der Waals surface area contributed by atoms with E-state index in [1.807, 2.05) is 0 Å². The summed E-state index contributed by atoms with van der Waals surface area (Å²) in [5, 5.41) is 9.87. The third-order valence-electron chi connectivity index (χ3n) is 0.998. The fraction of sp³-hybridized carbons (Fsp3) is 0.800. The zero-order valence-corrected chi connectivity index (χ0v) is 6.45. The first-order valence-corrected chi connectivity index (χ1v) is 3.11. The Bertz CT molecular complexity index is 193.